The van der Waals surface area contributed by atoms with E-state index in [4.69, 9.17) is 4.74 Å². The molecular weight excluding hydrogens is 242 g/mol. The van der Waals surface area contributed by atoms with Gasteiger partial charge in [0.25, 0.3) is 0 Å². The molecule has 0 saturated heterocycles. The molecule has 0 radical (unpaired) electrons. The average Bonchev–Trinajstić information content (AvgIpc) is 3.06. The van der Waals surface area contributed by atoms with Gasteiger partial charge in [-0.3, -0.25) is 4.98 Å². The molecule has 19 heavy (non-hydrogen) atoms. The third-order valence-corrected chi connectivity index (χ3v) is 3.00. The molecule has 0 amide bonds. The summed E-state index contributed by atoms with van der Waals surface area (Å²) in [6.45, 7) is 5.54. The zero-order valence-electron chi connectivity index (χ0n) is 11.4. The van der Waals surface area contributed by atoms with E-state index in [9.17, 15) is 4.79 Å². The lowest BCUT2D eigenvalue weighted by atomic mass is 10.2. The molecule has 0 spiro atoms. The molecule has 2 heterocycles. The van der Waals surface area contributed by atoms with Gasteiger partial charge < -0.3 is 4.74 Å². The van der Waals surface area contributed by atoms with Gasteiger partial charge in [-0.25, -0.2) is 14.3 Å². The maximum Gasteiger partial charge on any atom is 0.420 e. The van der Waals surface area contributed by atoms with Crippen LogP contribution in [0.2, 0.25) is 0 Å². The van der Waals surface area contributed by atoms with Gasteiger partial charge in [-0.1, -0.05) is 0 Å². The molecular formula is C14H17N3O2. The summed E-state index contributed by atoms with van der Waals surface area (Å²) in [7, 11) is 0. The van der Waals surface area contributed by atoms with Crippen molar-refractivity contribution in [3.63, 3.8) is 0 Å². The Bertz CT molecular complexity index is 636. The first-order chi connectivity index (χ1) is 8.94. The van der Waals surface area contributed by atoms with E-state index in [1.54, 1.807) is 18.5 Å². The van der Waals surface area contributed by atoms with Gasteiger partial charge in [-0.2, -0.15) is 0 Å². The van der Waals surface area contributed by atoms with E-state index in [0.717, 1.165) is 24.1 Å². The number of fused-ring (bicyclic) bond motifs is 1. The van der Waals surface area contributed by atoms with Crippen LogP contribution in [0.4, 0.5) is 4.79 Å². The molecule has 5 heteroatoms. The summed E-state index contributed by atoms with van der Waals surface area (Å²) >= 11 is 0. The smallest absolute Gasteiger partial charge is 0.420 e. The molecule has 2 aromatic rings. The minimum Gasteiger partial charge on any atom is -0.443 e. The molecule has 1 fully saturated rings. The third-order valence-electron chi connectivity index (χ3n) is 3.00. The van der Waals surface area contributed by atoms with Crippen LogP contribution >= 0.6 is 0 Å². The number of nitrogens with zero attached hydrogens (tertiary/aromatic N) is 3. The summed E-state index contributed by atoms with van der Waals surface area (Å²) in [4.78, 5) is 21.0. The molecule has 1 saturated carbocycles. The van der Waals surface area contributed by atoms with Gasteiger partial charge in [0.15, 0.2) is 5.65 Å². The first-order valence-corrected chi connectivity index (χ1v) is 6.51. The highest BCUT2D eigenvalue weighted by Crippen LogP contribution is 2.39. The number of hydrogen-bond acceptors (Lipinski definition) is 4. The number of hydrogen-bond donors (Lipinski definition) is 0. The molecule has 0 aromatic carbocycles. The van der Waals surface area contributed by atoms with Crippen molar-refractivity contribution < 1.29 is 9.53 Å². The van der Waals surface area contributed by atoms with E-state index in [1.165, 1.54) is 4.57 Å². The topological polar surface area (TPSA) is 57.0 Å². The highest BCUT2D eigenvalue weighted by atomic mass is 16.6. The Morgan fingerprint density at radius 1 is 1.42 bits per heavy atom. The van der Waals surface area contributed by atoms with Crippen LogP contribution in [0.15, 0.2) is 18.5 Å². The second-order valence-corrected chi connectivity index (χ2v) is 5.94. The maximum atomic E-state index is 12.1. The molecule has 1 aliphatic rings. The molecule has 2 aromatic heterocycles. The SMILES string of the molecule is CC(C)(C)OC(=O)n1ccc2ncc(C3CC3)nc21. The second-order valence-electron chi connectivity index (χ2n) is 5.94. The maximum absolute atomic E-state index is 12.1. The summed E-state index contributed by atoms with van der Waals surface area (Å²) in [5.41, 5.74) is 1.75. The van der Waals surface area contributed by atoms with Crippen LogP contribution in [0.5, 0.6) is 0 Å². The standard InChI is InChI=1S/C14H17N3O2/c1-14(2,3)19-13(18)17-7-6-10-12(17)16-11(8-15-10)9-4-5-9/h6-9H,4-5H2,1-3H3. The van der Waals surface area contributed by atoms with Crippen LogP contribution in [0.1, 0.15) is 45.2 Å². The quantitative estimate of drug-likeness (QED) is 0.789. The van der Waals surface area contributed by atoms with Gasteiger partial charge in [0, 0.05) is 18.3 Å². The number of carbonyl (C=O) groups is 1. The van der Waals surface area contributed by atoms with Crippen LogP contribution < -0.4 is 0 Å². The van der Waals surface area contributed by atoms with Crippen molar-refractivity contribution in [2.24, 2.45) is 0 Å². The number of rotatable bonds is 1. The minimum atomic E-state index is -0.519. The summed E-state index contributed by atoms with van der Waals surface area (Å²) < 4.78 is 6.79. The van der Waals surface area contributed by atoms with E-state index >= 15 is 0 Å². The molecule has 3 rings (SSSR count). The molecule has 100 valence electrons. The Balaban J connectivity index is 1.98. The summed E-state index contributed by atoms with van der Waals surface area (Å²) in [5.74, 6) is 0.513. The zero-order valence-corrected chi connectivity index (χ0v) is 11.4. The third kappa shape index (κ3) is 2.45. The Morgan fingerprint density at radius 3 is 2.79 bits per heavy atom. The number of ether oxygens (including phenoxy) is 1. The molecule has 0 aliphatic heterocycles. The van der Waals surface area contributed by atoms with Crippen molar-refractivity contribution in [2.75, 3.05) is 0 Å². The van der Waals surface area contributed by atoms with Gasteiger partial charge in [0.1, 0.15) is 11.1 Å². The van der Waals surface area contributed by atoms with Crippen LogP contribution in [0.25, 0.3) is 11.2 Å². The van der Waals surface area contributed by atoms with Crippen molar-refractivity contribution in [1.82, 2.24) is 14.5 Å². The van der Waals surface area contributed by atoms with Gasteiger partial charge in [-0.15, -0.1) is 0 Å². The zero-order chi connectivity index (χ0) is 13.6. The molecule has 5 nitrogen and oxygen atoms in total. The predicted octanol–water partition coefficient (Wildman–Crippen LogP) is 3.09. The van der Waals surface area contributed by atoms with Crippen molar-refractivity contribution in [3.8, 4) is 0 Å². The lowest BCUT2D eigenvalue weighted by Gasteiger charge is -2.19. The van der Waals surface area contributed by atoms with E-state index in [2.05, 4.69) is 9.97 Å². The summed E-state index contributed by atoms with van der Waals surface area (Å²) in [5, 5.41) is 0. The minimum absolute atomic E-state index is 0.412. The van der Waals surface area contributed by atoms with Crippen molar-refractivity contribution in [2.45, 2.75) is 45.1 Å². The molecule has 1 aliphatic carbocycles. The molecule has 0 N–H and O–H groups in total. The highest BCUT2D eigenvalue weighted by Gasteiger charge is 2.26. The predicted molar refractivity (Wildman–Crippen MR) is 71.1 cm³/mol. The van der Waals surface area contributed by atoms with Crippen molar-refractivity contribution >= 4 is 17.3 Å². The van der Waals surface area contributed by atoms with Crippen LogP contribution in [-0.2, 0) is 4.74 Å². The molecule has 0 unspecified atom stereocenters. The first-order valence-electron chi connectivity index (χ1n) is 6.51. The normalized spacial score (nSPS) is 15.7. The lowest BCUT2D eigenvalue weighted by Crippen LogP contribution is -2.26. The van der Waals surface area contributed by atoms with Crippen molar-refractivity contribution in [1.29, 1.82) is 0 Å². The first kappa shape index (κ1) is 12.1. The van der Waals surface area contributed by atoms with Crippen LogP contribution in [-0.4, -0.2) is 26.2 Å². The second kappa shape index (κ2) is 4.05. The van der Waals surface area contributed by atoms with Gasteiger partial charge in [-0.05, 0) is 39.7 Å². The highest BCUT2D eigenvalue weighted by molar-refractivity contribution is 5.84. The van der Waals surface area contributed by atoms with E-state index in [0.29, 0.717) is 11.6 Å². The van der Waals surface area contributed by atoms with E-state index < -0.39 is 11.7 Å². The van der Waals surface area contributed by atoms with Crippen LogP contribution in [0, 0.1) is 0 Å². The Morgan fingerprint density at radius 2 is 2.16 bits per heavy atom. The fraction of sp³-hybridized carbons (Fsp3) is 0.500. The monoisotopic (exact) mass is 259 g/mol. The largest absolute Gasteiger partial charge is 0.443 e. The molecule has 0 bridgehead atoms. The lowest BCUT2D eigenvalue weighted by molar-refractivity contribution is 0.0543. The van der Waals surface area contributed by atoms with Gasteiger partial charge >= 0.3 is 6.09 Å². The summed E-state index contributed by atoms with van der Waals surface area (Å²) in [6, 6.07) is 1.78. The Labute approximate surface area is 111 Å². The van der Waals surface area contributed by atoms with E-state index in [1.807, 2.05) is 20.8 Å². The van der Waals surface area contributed by atoms with Crippen LogP contribution in [0.3, 0.4) is 0 Å². The Kier molecular flexibility index (Phi) is 2.59. The Hall–Kier alpha value is -1.91. The average molecular weight is 259 g/mol. The number of aromatic nitrogens is 3. The number of carbonyl (C=O) groups excluding carboxylic acids is 1. The van der Waals surface area contributed by atoms with Gasteiger partial charge in [0.2, 0.25) is 0 Å². The van der Waals surface area contributed by atoms with Gasteiger partial charge in [0.05, 0.1) is 5.69 Å². The van der Waals surface area contributed by atoms with E-state index in [-0.39, 0.29) is 0 Å². The molecule has 0 atom stereocenters. The fourth-order valence-corrected chi connectivity index (χ4v) is 1.95. The summed E-state index contributed by atoms with van der Waals surface area (Å²) in [6.07, 6.45) is 5.37. The fourth-order valence-electron chi connectivity index (χ4n) is 1.95. The van der Waals surface area contributed by atoms with Crippen molar-refractivity contribution in [3.05, 3.63) is 24.2 Å².